The smallest absolute Gasteiger partial charge is 0.237 e. The number of carbonyl (C=O) groups excluding carboxylic acids is 1. The van der Waals surface area contributed by atoms with Crippen LogP contribution in [0.4, 0.5) is 0 Å². The Kier molecular flexibility index (Phi) is 4.30. The Morgan fingerprint density at radius 3 is 2.87 bits per heavy atom. The Labute approximate surface area is 89.6 Å². The molecule has 0 aliphatic heterocycles. The molecule has 0 aromatic carbocycles. The molecule has 1 atom stereocenters. The average molecular weight is 210 g/mol. The zero-order valence-corrected chi connectivity index (χ0v) is 9.18. The first-order chi connectivity index (χ1) is 7.11. The number of nitrogens with two attached hydrogens (primary N) is 1. The van der Waals surface area contributed by atoms with Crippen LogP contribution in [0.3, 0.4) is 0 Å². The molecular weight excluding hydrogens is 192 g/mol. The van der Waals surface area contributed by atoms with Crippen LogP contribution in [0.15, 0.2) is 18.5 Å². The van der Waals surface area contributed by atoms with E-state index in [4.69, 9.17) is 5.73 Å². The summed E-state index contributed by atoms with van der Waals surface area (Å²) in [6.45, 7) is 5.08. The Balaban J connectivity index is 2.23. The number of aromatic nitrogens is 2. The molecule has 0 saturated carbocycles. The lowest BCUT2D eigenvalue weighted by molar-refractivity contribution is -0.123. The van der Waals surface area contributed by atoms with Gasteiger partial charge in [0.15, 0.2) is 0 Å². The summed E-state index contributed by atoms with van der Waals surface area (Å²) in [5.41, 5.74) is 5.68. The van der Waals surface area contributed by atoms with Crippen molar-refractivity contribution in [3.8, 4) is 0 Å². The third-order valence-corrected chi connectivity index (χ3v) is 2.22. The van der Waals surface area contributed by atoms with E-state index < -0.39 is 6.04 Å². The van der Waals surface area contributed by atoms with Gasteiger partial charge in [-0.05, 0) is 12.0 Å². The average Bonchev–Trinajstić information content (AvgIpc) is 2.69. The number of nitrogens with one attached hydrogen (secondary N) is 1. The second-order valence-electron chi connectivity index (χ2n) is 3.83. The molecule has 1 heterocycles. The molecule has 5 heteroatoms. The van der Waals surface area contributed by atoms with E-state index in [1.54, 1.807) is 10.9 Å². The molecule has 0 spiro atoms. The molecule has 84 valence electrons. The molecule has 5 nitrogen and oxygen atoms in total. The molecule has 0 bridgehead atoms. The molecule has 0 radical (unpaired) electrons. The molecule has 1 rings (SSSR count). The molecule has 0 saturated heterocycles. The van der Waals surface area contributed by atoms with E-state index in [-0.39, 0.29) is 11.8 Å². The molecule has 0 unspecified atom stereocenters. The summed E-state index contributed by atoms with van der Waals surface area (Å²) in [6, 6.07) is 1.42. The fourth-order valence-electron chi connectivity index (χ4n) is 1.15. The second kappa shape index (κ2) is 5.50. The van der Waals surface area contributed by atoms with Crippen LogP contribution in [0.25, 0.3) is 0 Å². The van der Waals surface area contributed by atoms with Gasteiger partial charge >= 0.3 is 0 Å². The van der Waals surface area contributed by atoms with E-state index in [0.29, 0.717) is 13.1 Å². The fraction of sp³-hybridized carbons (Fsp3) is 0.600. The van der Waals surface area contributed by atoms with Gasteiger partial charge in [0.1, 0.15) is 0 Å². The quantitative estimate of drug-likeness (QED) is 0.717. The summed E-state index contributed by atoms with van der Waals surface area (Å²) < 4.78 is 1.77. The molecular formula is C10H18N4O. The van der Waals surface area contributed by atoms with Crippen molar-refractivity contribution in [3.05, 3.63) is 18.5 Å². The Morgan fingerprint density at radius 1 is 1.60 bits per heavy atom. The van der Waals surface area contributed by atoms with Gasteiger partial charge in [-0.15, -0.1) is 0 Å². The lowest BCUT2D eigenvalue weighted by Gasteiger charge is -2.15. The van der Waals surface area contributed by atoms with Gasteiger partial charge < -0.3 is 11.1 Å². The van der Waals surface area contributed by atoms with Crippen LogP contribution in [-0.4, -0.2) is 28.3 Å². The topological polar surface area (TPSA) is 72.9 Å². The summed E-state index contributed by atoms with van der Waals surface area (Å²) >= 11 is 0. The van der Waals surface area contributed by atoms with Gasteiger partial charge in [0.2, 0.25) is 5.91 Å². The van der Waals surface area contributed by atoms with Crippen LogP contribution < -0.4 is 11.1 Å². The lowest BCUT2D eigenvalue weighted by atomic mass is 10.1. The van der Waals surface area contributed by atoms with Crippen molar-refractivity contribution in [2.75, 3.05) is 6.54 Å². The van der Waals surface area contributed by atoms with E-state index in [1.807, 2.05) is 26.1 Å². The van der Waals surface area contributed by atoms with E-state index in [1.165, 1.54) is 0 Å². The fourth-order valence-corrected chi connectivity index (χ4v) is 1.15. The summed E-state index contributed by atoms with van der Waals surface area (Å²) in [5.74, 6) is 0.0619. The van der Waals surface area contributed by atoms with Crippen LogP contribution >= 0.6 is 0 Å². The highest BCUT2D eigenvalue weighted by Gasteiger charge is 2.15. The highest BCUT2D eigenvalue weighted by Crippen LogP contribution is 1.97. The minimum Gasteiger partial charge on any atom is -0.353 e. The molecule has 1 aromatic heterocycles. The normalized spacial score (nSPS) is 12.8. The van der Waals surface area contributed by atoms with Crippen molar-refractivity contribution in [1.29, 1.82) is 0 Å². The largest absolute Gasteiger partial charge is 0.353 e. The minimum absolute atomic E-state index is 0.0999. The van der Waals surface area contributed by atoms with E-state index in [2.05, 4.69) is 10.4 Å². The maximum Gasteiger partial charge on any atom is 0.237 e. The monoisotopic (exact) mass is 210 g/mol. The zero-order valence-electron chi connectivity index (χ0n) is 9.18. The maximum atomic E-state index is 11.4. The van der Waals surface area contributed by atoms with Crippen molar-refractivity contribution < 1.29 is 4.79 Å². The van der Waals surface area contributed by atoms with Crippen LogP contribution in [0.1, 0.15) is 13.8 Å². The van der Waals surface area contributed by atoms with E-state index in [0.717, 1.165) is 0 Å². The van der Waals surface area contributed by atoms with Crippen LogP contribution in [-0.2, 0) is 11.3 Å². The number of rotatable bonds is 5. The number of carbonyl (C=O) groups is 1. The van der Waals surface area contributed by atoms with E-state index >= 15 is 0 Å². The minimum atomic E-state index is -0.428. The highest BCUT2D eigenvalue weighted by molar-refractivity contribution is 5.81. The van der Waals surface area contributed by atoms with Gasteiger partial charge in [-0.25, -0.2) is 0 Å². The lowest BCUT2D eigenvalue weighted by Crippen LogP contribution is -2.44. The highest BCUT2D eigenvalue weighted by atomic mass is 16.2. The Morgan fingerprint density at radius 2 is 2.33 bits per heavy atom. The van der Waals surface area contributed by atoms with Crippen molar-refractivity contribution in [2.45, 2.75) is 26.4 Å². The SMILES string of the molecule is CC(C)[C@@H](N)C(=O)NCCn1cccn1. The second-order valence-corrected chi connectivity index (χ2v) is 3.83. The first kappa shape index (κ1) is 11.7. The number of hydrogen-bond acceptors (Lipinski definition) is 3. The van der Waals surface area contributed by atoms with Crippen LogP contribution in [0.5, 0.6) is 0 Å². The number of nitrogens with zero attached hydrogens (tertiary/aromatic N) is 2. The van der Waals surface area contributed by atoms with Crippen molar-refractivity contribution in [2.24, 2.45) is 11.7 Å². The number of hydrogen-bond donors (Lipinski definition) is 2. The maximum absolute atomic E-state index is 11.4. The Hall–Kier alpha value is -1.36. The van der Waals surface area contributed by atoms with Crippen molar-refractivity contribution in [1.82, 2.24) is 15.1 Å². The van der Waals surface area contributed by atoms with Gasteiger partial charge in [0.05, 0.1) is 12.6 Å². The van der Waals surface area contributed by atoms with Gasteiger partial charge in [0.25, 0.3) is 0 Å². The standard InChI is InChI=1S/C10H18N4O/c1-8(2)9(11)10(15)12-5-7-14-6-3-4-13-14/h3-4,6,8-9H,5,7,11H2,1-2H3,(H,12,15)/t9-/m1/s1. The predicted octanol–water partition coefficient (Wildman–Crippen LogP) is -0.0174. The van der Waals surface area contributed by atoms with Gasteiger partial charge in [0, 0.05) is 18.9 Å². The molecule has 0 aliphatic rings. The Bertz CT molecular complexity index is 294. The number of amides is 1. The molecule has 15 heavy (non-hydrogen) atoms. The van der Waals surface area contributed by atoms with Gasteiger partial charge in [-0.1, -0.05) is 13.8 Å². The summed E-state index contributed by atoms with van der Waals surface area (Å²) in [6.07, 6.45) is 3.57. The molecule has 3 N–H and O–H groups in total. The van der Waals surface area contributed by atoms with Crippen molar-refractivity contribution in [3.63, 3.8) is 0 Å². The van der Waals surface area contributed by atoms with Gasteiger partial charge in [-0.3, -0.25) is 9.48 Å². The summed E-state index contributed by atoms with van der Waals surface area (Å²) in [4.78, 5) is 11.4. The van der Waals surface area contributed by atoms with Crippen molar-refractivity contribution >= 4 is 5.91 Å². The molecule has 1 amide bonds. The third-order valence-electron chi connectivity index (χ3n) is 2.22. The third kappa shape index (κ3) is 3.71. The summed E-state index contributed by atoms with van der Waals surface area (Å²) in [7, 11) is 0. The first-order valence-electron chi connectivity index (χ1n) is 5.12. The van der Waals surface area contributed by atoms with E-state index in [9.17, 15) is 4.79 Å². The predicted molar refractivity (Wildman–Crippen MR) is 58.1 cm³/mol. The van der Waals surface area contributed by atoms with Crippen LogP contribution in [0, 0.1) is 5.92 Å². The first-order valence-corrected chi connectivity index (χ1v) is 5.12. The summed E-state index contributed by atoms with van der Waals surface area (Å²) in [5, 5.41) is 6.80. The van der Waals surface area contributed by atoms with Gasteiger partial charge in [-0.2, -0.15) is 5.10 Å². The molecule has 0 aliphatic carbocycles. The van der Waals surface area contributed by atoms with Crippen LogP contribution in [0.2, 0.25) is 0 Å². The zero-order chi connectivity index (χ0) is 11.3. The molecule has 0 fully saturated rings. The molecule has 1 aromatic rings.